The number of hydrogen-bond donors (Lipinski definition) is 3. The molecule has 7 heteroatoms. The minimum atomic E-state index is 0. The Morgan fingerprint density at radius 2 is 1.80 bits per heavy atom. The van der Waals surface area contributed by atoms with Crippen molar-refractivity contribution in [3.05, 3.63) is 35.4 Å². The maximum absolute atomic E-state index is 9.37. The molecule has 1 aromatic rings. The summed E-state index contributed by atoms with van der Waals surface area (Å²) in [5.41, 5.74) is 2.66. The smallest absolute Gasteiger partial charge is 0.191 e. The van der Waals surface area contributed by atoms with Gasteiger partial charge >= 0.3 is 0 Å². The lowest BCUT2D eigenvalue weighted by molar-refractivity contribution is 0.127. The lowest BCUT2D eigenvalue weighted by atomic mass is 9.84. The standard InChI is InChI=1S/C23H38N4O2.HI/c1-24-22(26-18-23(10-14-28)11-15-29-19-23)25-16-20-6-8-21(9-7-20)17-27-12-4-2-3-5-13-27;/h6-9,28H,2-5,10-19H2,1H3,(H2,24,25,26);1H. The summed E-state index contributed by atoms with van der Waals surface area (Å²) in [6.07, 6.45) is 7.17. The summed E-state index contributed by atoms with van der Waals surface area (Å²) in [6.45, 7) is 6.71. The van der Waals surface area contributed by atoms with E-state index in [0.29, 0.717) is 6.61 Å². The highest BCUT2D eigenvalue weighted by Crippen LogP contribution is 2.31. The number of likely N-dealkylation sites (tertiary alicyclic amines) is 1. The number of hydrogen-bond acceptors (Lipinski definition) is 4. The van der Waals surface area contributed by atoms with Crippen LogP contribution in [0.2, 0.25) is 0 Å². The van der Waals surface area contributed by atoms with Gasteiger partial charge in [-0.25, -0.2) is 0 Å². The molecular formula is C23H39IN4O2. The minimum Gasteiger partial charge on any atom is -0.396 e. The number of halogens is 1. The van der Waals surface area contributed by atoms with E-state index in [1.807, 2.05) is 0 Å². The maximum atomic E-state index is 9.37. The molecule has 2 aliphatic rings. The van der Waals surface area contributed by atoms with E-state index in [0.717, 1.165) is 45.0 Å². The summed E-state index contributed by atoms with van der Waals surface area (Å²) in [5.74, 6) is 0.794. The van der Waals surface area contributed by atoms with E-state index in [1.54, 1.807) is 7.05 Å². The SMILES string of the molecule is CN=C(NCc1ccc(CN2CCCCCC2)cc1)NCC1(CCO)CCOC1.I. The van der Waals surface area contributed by atoms with Crippen LogP contribution in [-0.4, -0.2) is 62.5 Å². The van der Waals surface area contributed by atoms with E-state index in [9.17, 15) is 5.11 Å². The Balaban J connectivity index is 0.00000320. The second-order valence-electron chi connectivity index (χ2n) is 8.56. The van der Waals surface area contributed by atoms with Crippen molar-refractivity contribution in [3.63, 3.8) is 0 Å². The predicted molar refractivity (Wildman–Crippen MR) is 133 cm³/mol. The van der Waals surface area contributed by atoms with E-state index in [4.69, 9.17) is 4.74 Å². The van der Waals surface area contributed by atoms with E-state index >= 15 is 0 Å². The molecule has 0 aliphatic carbocycles. The summed E-state index contributed by atoms with van der Waals surface area (Å²) in [5, 5.41) is 16.2. The van der Waals surface area contributed by atoms with E-state index in [2.05, 4.69) is 44.8 Å². The van der Waals surface area contributed by atoms with Crippen molar-refractivity contribution in [1.29, 1.82) is 0 Å². The average molecular weight is 530 g/mol. The van der Waals surface area contributed by atoms with Gasteiger partial charge in [0.15, 0.2) is 5.96 Å². The number of benzene rings is 1. The van der Waals surface area contributed by atoms with Crippen molar-refractivity contribution >= 4 is 29.9 Å². The highest BCUT2D eigenvalue weighted by Gasteiger charge is 2.34. The number of aliphatic hydroxyl groups excluding tert-OH is 1. The fraction of sp³-hybridized carbons (Fsp3) is 0.696. The summed E-state index contributed by atoms with van der Waals surface area (Å²) < 4.78 is 5.57. The van der Waals surface area contributed by atoms with E-state index < -0.39 is 0 Å². The van der Waals surface area contributed by atoms with Gasteiger partial charge in [-0.05, 0) is 49.9 Å². The van der Waals surface area contributed by atoms with Crippen LogP contribution < -0.4 is 10.6 Å². The number of guanidine groups is 1. The Bertz CT molecular complexity index is 625. The van der Waals surface area contributed by atoms with Gasteiger partial charge in [-0.15, -0.1) is 24.0 Å². The molecule has 0 amide bonds. The molecule has 6 nitrogen and oxygen atoms in total. The van der Waals surface area contributed by atoms with Gasteiger partial charge in [-0.1, -0.05) is 37.1 Å². The quantitative estimate of drug-likeness (QED) is 0.274. The molecule has 2 fully saturated rings. The first-order valence-electron chi connectivity index (χ1n) is 11.2. The normalized spacial score (nSPS) is 22.9. The topological polar surface area (TPSA) is 69.1 Å². The minimum absolute atomic E-state index is 0. The summed E-state index contributed by atoms with van der Waals surface area (Å²) in [6, 6.07) is 8.94. The monoisotopic (exact) mass is 530 g/mol. The van der Waals surface area contributed by atoms with Crippen LogP contribution in [0.5, 0.6) is 0 Å². The molecular weight excluding hydrogens is 491 g/mol. The number of aliphatic hydroxyl groups is 1. The van der Waals surface area contributed by atoms with Crippen LogP contribution in [0, 0.1) is 5.41 Å². The molecule has 3 rings (SSSR count). The first-order valence-corrected chi connectivity index (χ1v) is 11.2. The molecule has 0 aromatic heterocycles. The zero-order valence-corrected chi connectivity index (χ0v) is 20.7. The van der Waals surface area contributed by atoms with Crippen molar-refractivity contribution in [2.24, 2.45) is 10.4 Å². The van der Waals surface area contributed by atoms with Gasteiger partial charge in [-0.3, -0.25) is 9.89 Å². The van der Waals surface area contributed by atoms with Crippen LogP contribution in [0.25, 0.3) is 0 Å². The fourth-order valence-corrected chi connectivity index (χ4v) is 4.30. The lowest BCUT2D eigenvalue weighted by Gasteiger charge is -2.27. The van der Waals surface area contributed by atoms with Gasteiger partial charge in [0, 0.05) is 45.3 Å². The zero-order valence-electron chi connectivity index (χ0n) is 18.4. The van der Waals surface area contributed by atoms with Crippen LogP contribution in [-0.2, 0) is 17.8 Å². The van der Waals surface area contributed by atoms with Crippen LogP contribution >= 0.6 is 24.0 Å². The largest absolute Gasteiger partial charge is 0.396 e. The Labute approximate surface area is 198 Å². The number of rotatable bonds is 8. The van der Waals surface area contributed by atoms with Gasteiger partial charge in [0.1, 0.15) is 0 Å². The fourth-order valence-electron chi connectivity index (χ4n) is 4.30. The molecule has 1 unspecified atom stereocenters. The Kier molecular flexibility index (Phi) is 11.4. The molecule has 170 valence electrons. The molecule has 3 N–H and O–H groups in total. The van der Waals surface area contributed by atoms with Crippen LogP contribution in [0.3, 0.4) is 0 Å². The van der Waals surface area contributed by atoms with Crippen LogP contribution in [0.4, 0.5) is 0 Å². The third kappa shape index (κ3) is 7.98. The van der Waals surface area contributed by atoms with E-state index in [1.165, 1.54) is 49.9 Å². The first kappa shape index (κ1) is 25.4. The van der Waals surface area contributed by atoms with Gasteiger partial charge < -0.3 is 20.5 Å². The summed E-state index contributed by atoms with van der Waals surface area (Å²) >= 11 is 0. The van der Waals surface area contributed by atoms with Crippen LogP contribution in [0.15, 0.2) is 29.3 Å². The average Bonchev–Trinajstić information content (AvgIpc) is 3.05. The summed E-state index contributed by atoms with van der Waals surface area (Å²) in [4.78, 5) is 6.93. The van der Waals surface area contributed by atoms with Crippen molar-refractivity contribution in [2.75, 3.05) is 46.5 Å². The zero-order chi connectivity index (χ0) is 20.4. The second-order valence-corrected chi connectivity index (χ2v) is 8.56. The molecule has 2 heterocycles. The highest BCUT2D eigenvalue weighted by atomic mass is 127. The maximum Gasteiger partial charge on any atom is 0.191 e. The lowest BCUT2D eigenvalue weighted by Crippen LogP contribution is -2.44. The third-order valence-corrected chi connectivity index (χ3v) is 6.27. The van der Waals surface area contributed by atoms with Crippen molar-refractivity contribution in [2.45, 2.75) is 51.6 Å². The van der Waals surface area contributed by atoms with Gasteiger partial charge in [-0.2, -0.15) is 0 Å². The molecule has 2 aliphatic heterocycles. The van der Waals surface area contributed by atoms with Gasteiger partial charge in [0.25, 0.3) is 0 Å². The number of ether oxygens (including phenoxy) is 1. The Hall–Kier alpha value is -0.900. The first-order chi connectivity index (χ1) is 14.2. The van der Waals surface area contributed by atoms with E-state index in [-0.39, 0.29) is 36.0 Å². The molecule has 0 radical (unpaired) electrons. The van der Waals surface area contributed by atoms with Crippen molar-refractivity contribution in [3.8, 4) is 0 Å². The highest BCUT2D eigenvalue weighted by molar-refractivity contribution is 14.0. The Morgan fingerprint density at radius 1 is 1.10 bits per heavy atom. The van der Waals surface area contributed by atoms with Crippen LogP contribution in [0.1, 0.15) is 49.7 Å². The third-order valence-electron chi connectivity index (χ3n) is 6.27. The van der Waals surface area contributed by atoms with Gasteiger partial charge in [0.05, 0.1) is 6.61 Å². The molecule has 0 spiro atoms. The molecule has 1 aromatic carbocycles. The second kappa shape index (κ2) is 13.5. The van der Waals surface area contributed by atoms with Gasteiger partial charge in [0.2, 0.25) is 0 Å². The molecule has 0 bridgehead atoms. The molecule has 2 saturated heterocycles. The number of nitrogens with zero attached hydrogens (tertiary/aromatic N) is 2. The van der Waals surface area contributed by atoms with Crippen molar-refractivity contribution in [1.82, 2.24) is 15.5 Å². The molecule has 1 atom stereocenters. The molecule has 30 heavy (non-hydrogen) atoms. The summed E-state index contributed by atoms with van der Waals surface area (Å²) in [7, 11) is 1.80. The predicted octanol–water partition coefficient (Wildman–Crippen LogP) is 3.13. The van der Waals surface area contributed by atoms with Crippen molar-refractivity contribution < 1.29 is 9.84 Å². The Morgan fingerprint density at radius 3 is 2.40 bits per heavy atom. The number of nitrogens with one attached hydrogen (secondary N) is 2. The number of aliphatic imine (C=N–C) groups is 1. The molecule has 0 saturated carbocycles.